The molecule has 1 saturated heterocycles. The molecule has 0 saturated carbocycles. The molecule has 0 bridgehead atoms. The van der Waals surface area contributed by atoms with E-state index in [-0.39, 0.29) is 5.75 Å². The van der Waals surface area contributed by atoms with Gasteiger partial charge in [0.1, 0.15) is 5.82 Å². The van der Waals surface area contributed by atoms with Gasteiger partial charge in [0.2, 0.25) is 11.8 Å². The summed E-state index contributed by atoms with van der Waals surface area (Å²) in [5.41, 5.74) is 3.10. The zero-order valence-electron chi connectivity index (χ0n) is 18.1. The van der Waals surface area contributed by atoms with E-state index < -0.39 is 11.6 Å². The first-order valence-electron chi connectivity index (χ1n) is 11.1. The van der Waals surface area contributed by atoms with Crippen molar-refractivity contribution in [3.05, 3.63) is 63.5 Å². The number of rotatable bonds is 5. The lowest BCUT2D eigenvalue weighted by atomic mass is 9.99. The van der Waals surface area contributed by atoms with E-state index in [0.29, 0.717) is 24.3 Å². The molecule has 1 fully saturated rings. The highest BCUT2D eigenvalue weighted by Crippen LogP contribution is 2.34. The molecule has 0 spiro atoms. The van der Waals surface area contributed by atoms with Gasteiger partial charge in [-0.15, -0.1) is 0 Å². The van der Waals surface area contributed by atoms with Crippen LogP contribution in [0.15, 0.2) is 35.0 Å². The summed E-state index contributed by atoms with van der Waals surface area (Å²) in [5.74, 6) is 0.295. The van der Waals surface area contributed by atoms with Gasteiger partial charge in [-0.2, -0.15) is 16.3 Å². The van der Waals surface area contributed by atoms with Crippen LogP contribution in [0.5, 0.6) is 11.6 Å². The summed E-state index contributed by atoms with van der Waals surface area (Å²) in [4.78, 5) is 14.1. The summed E-state index contributed by atoms with van der Waals surface area (Å²) < 4.78 is 33.7. The zero-order chi connectivity index (χ0) is 22.1. The predicted molar refractivity (Wildman–Crippen MR) is 121 cm³/mol. The van der Waals surface area contributed by atoms with Crippen LogP contribution < -0.4 is 9.64 Å². The molecule has 2 aromatic heterocycles. The van der Waals surface area contributed by atoms with Crippen LogP contribution in [0.3, 0.4) is 0 Å². The van der Waals surface area contributed by atoms with Gasteiger partial charge in [0.25, 0.3) is 0 Å². The summed E-state index contributed by atoms with van der Waals surface area (Å²) in [6.07, 6.45) is 2.97. The van der Waals surface area contributed by atoms with E-state index in [1.165, 1.54) is 17.7 Å². The summed E-state index contributed by atoms with van der Waals surface area (Å²) in [6.45, 7) is 6.41. The molecule has 5 rings (SSSR count). The molecule has 0 atom stereocenters. The summed E-state index contributed by atoms with van der Waals surface area (Å²) in [5, 5.41) is 4.23. The molecule has 0 N–H and O–H groups in total. The number of benzene rings is 1. The molecule has 32 heavy (non-hydrogen) atoms. The molecule has 168 valence electrons. The van der Waals surface area contributed by atoms with Crippen LogP contribution in [-0.4, -0.2) is 34.5 Å². The van der Waals surface area contributed by atoms with Crippen molar-refractivity contribution >= 4 is 17.3 Å². The molecule has 2 aliphatic heterocycles. The van der Waals surface area contributed by atoms with Crippen molar-refractivity contribution in [2.24, 2.45) is 5.92 Å². The van der Waals surface area contributed by atoms with Crippen LogP contribution in [0.2, 0.25) is 0 Å². The van der Waals surface area contributed by atoms with Crippen molar-refractivity contribution in [3.8, 4) is 11.6 Å². The monoisotopic (exact) mass is 456 g/mol. The fraction of sp³-hybridized carbons (Fsp3) is 0.417. The maximum atomic E-state index is 14.4. The minimum absolute atomic E-state index is 0.0273. The van der Waals surface area contributed by atoms with Crippen LogP contribution in [0.4, 0.5) is 14.7 Å². The number of nitrogens with zero attached hydrogens (tertiary/aromatic N) is 4. The first kappa shape index (κ1) is 21.3. The van der Waals surface area contributed by atoms with Crippen molar-refractivity contribution in [1.82, 2.24) is 14.9 Å². The van der Waals surface area contributed by atoms with Crippen molar-refractivity contribution in [3.63, 3.8) is 0 Å². The smallest absolute Gasteiger partial charge is 0.229 e. The number of ether oxygens (including phenoxy) is 1. The van der Waals surface area contributed by atoms with Gasteiger partial charge < -0.3 is 9.64 Å². The third-order valence-electron chi connectivity index (χ3n) is 6.24. The second-order valence-corrected chi connectivity index (χ2v) is 9.47. The topological polar surface area (TPSA) is 41.5 Å². The van der Waals surface area contributed by atoms with Gasteiger partial charge in [0.05, 0.1) is 11.3 Å². The van der Waals surface area contributed by atoms with Gasteiger partial charge >= 0.3 is 0 Å². The van der Waals surface area contributed by atoms with Gasteiger partial charge in [0.15, 0.2) is 11.6 Å². The normalized spacial score (nSPS) is 17.4. The lowest BCUT2D eigenvalue weighted by molar-refractivity contribution is 0.238. The van der Waals surface area contributed by atoms with Crippen LogP contribution in [0.25, 0.3) is 0 Å². The number of anilines is 1. The van der Waals surface area contributed by atoms with E-state index in [9.17, 15) is 8.78 Å². The quantitative estimate of drug-likeness (QED) is 0.514. The van der Waals surface area contributed by atoms with E-state index in [4.69, 9.17) is 14.7 Å². The van der Waals surface area contributed by atoms with Crippen LogP contribution in [-0.2, 0) is 19.5 Å². The largest absolute Gasteiger partial charge is 0.435 e. The third kappa shape index (κ3) is 4.61. The first-order chi connectivity index (χ1) is 15.5. The average Bonchev–Trinajstić information content (AvgIpc) is 3.29. The Morgan fingerprint density at radius 1 is 1.12 bits per heavy atom. The molecule has 0 aliphatic carbocycles. The number of aromatic nitrogens is 2. The third-order valence-corrected chi connectivity index (χ3v) is 6.97. The maximum absolute atomic E-state index is 14.4. The Morgan fingerprint density at radius 2 is 1.97 bits per heavy atom. The van der Waals surface area contributed by atoms with Crippen molar-refractivity contribution in [1.29, 1.82) is 0 Å². The van der Waals surface area contributed by atoms with Crippen LogP contribution in [0, 0.1) is 17.6 Å². The molecule has 2 aliphatic rings. The van der Waals surface area contributed by atoms with Crippen molar-refractivity contribution in [2.45, 2.75) is 39.3 Å². The lowest BCUT2D eigenvalue weighted by Crippen LogP contribution is -2.36. The Hall–Kier alpha value is -2.58. The fourth-order valence-electron chi connectivity index (χ4n) is 4.30. The molecule has 0 amide bonds. The first-order valence-corrected chi connectivity index (χ1v) is 12.0. The molecule has 0 unspecified atom stereocenters. The number of hydrogen-bond acceptors (Lipinski definition) is 6. The second kappa shape index (κ2) is 9.11. The zero-order valence-corrected chi connectivity index (χ0v) is 18.9. The van der Waals surface area contributed by atoms with E-state index in [0.717, 1.165) is 62.8 Å². The minimum atomic E-state index is -0.739. The van der Waals surface area contributed by atoms with Crippen LogP contribution in [0.1, 0.15) is 36.6 Å². The Morgan fingerprint density at radius 3 is 2.72 bits per heavy atom. The molecule has 8 heteroatoms. The fourth-order valence-corrected chi connectivity index (χ4v) is 4.96. The minimum Gasteiger partial charge on any atom is -0.435 e. The number of hydrogen-bond donors (Lipinski definition) is 0. The SMILES string of the molecule is CC1CCN(c2nc3c(c(Oc4ccc(F)cc4F)n2)CN(Cc2ccsc2)CC3)CC1. The van der Waals surface area contributed by atoms with E-state index in [2.05, 4.69) is 33.6 Å². The van der Waals surface area contributed by atoms with Gasteiger partial charge in [-0.1, -0.05) is 6.92 Å². The Balaban J connectivity index is 1.47. The molecule has 5 nitrogen and oxygen atoms in total. The van der Waals surface area contributed by atoms with Crippen molar-refractivity contribution in [2.75, 3.05) is 24.5 Å². The average molecular weight is 457 g/mol. The summed E-state index contributed by atoms with van der Waals surface area (Å²) in [7, 11) is 0. The molecule has 1 aromatic carbocycles. The lowest BCUT2D eigenvalue weighted by Gasteiger charge is -2.33. The molecular weight excluding hydrogens is 430 g/mol. The highest BCUT2D eigenvalue weighted by molar-refractivity contribution is 7.07. The maximum Gasteiger partial charge on any atom is 0.229 e. The molecule has 3 aromatic rings. The van der Waals surface area contributed by atoms with E-state index in [1.54, 1.807) is 11.3 Å². The molecular formula is C24H26F2N4OS. The van der Waals surface area contributed by atoms with Gasteiger partial charge in [-0.3, -0.25) is 4.90 Å². The second-order valence-electron chi connectivity index (χ2n) is 8.69. The van der Waals surface area contributed by atoms with Gasteiger partial charge in [-0.05, 0) is 53.3 Å². The number of piperidine rings is 1. The van der Waals surface area contributed by atoms with Gasteiger partial charge in [0, 0.05) is 45.2 Å². The highest BCUT2D eigenvalue weighted by atomic mass is 32.1. The number of halogens is 2. The van der Waals surface area contributed by atoms with Crippen LogP contribution >= 0.6 is 11.3 Å². The molecule has 4 heterocycles. The molecule has 0 radical (unpaired) electrons. The van der Waals surface area contributed by atoms with E-state index >= 15 is 0 Å². The summed E-state index contributed by atoms with van der Waals surface area (Å²) >= 11 is 1.69. The standard InChI is InChI=1S/C24H26F2N4OS/c1-16-4-9-30(10-5-16)24-27-21-6-8-29(13-17-7-11-32-15-17)14-19(21)23(28-24)31-22-3-2-18(25)12-20(22)26/h2-3,7,11-12,15-16H,4-6,8-10,13-14H2,1H3. The Kier molecular flexibility index (Phi) is 6.06. The highest BCUT2D eigenvalue weighted by Gasteiger charge is 2.27. The summed E-state index contributed by atoms with van der Waals surface area (Å²) in [6, 6.07) is 5.47. The Bertz CT molecular complexity index is 1080. The van der Waals surface area contributed by atoms with E-state index in [1.807, 2.05) is 0 Å². The number of thiophene rings is 1. The van der Waals surface area contributed by atoms with Crippen molar-refractivity contribution < 1.29 is 13.5 Å². The Labute approximate surface area is 190 Å². The number of fused-ring (bicyclic) bond motifs is 1. The predicted octanol–water partition coefficient (Wildman–Crippen LogP) is 5.40. The van der Waals surface area contributed by atoms with Gasteiger partial charge in [-0.25, -0.2) is 13.8 Å².